The second kappa shape index (κ2) is 5.83. The number of aryl methyl sites for hydroxylation is 2. The molecule has 96 valence electrons. The Morgan fingerprint density at radius 3 is 2.56 bits per heavy atom. The van der Waals surface area contributed by atoms with Crippen LogP contribution in [0.5, 0.6) is 0 Å². The van der Waals surface area contributed by atoms with E-state index in [0.717, 1.165) is 36.7 Å². The molecule has 1 aromatic carbocycles. The van der Waals surface area contributed by atoms with E-state index in [9.17, 15) is 0 Å². The highest BCUT2D eigenvalue weighted by atomic mass is 15.0. The van der Waals surface area contributed by atoms with Crippen LogP contribution in [0.2, 0.25) is 0 Å². The van der Waals surface area contributed by atoms with Crippen molar-refractivity contribution in [2.45, 2.75) is 33.7 Å². The number of hydrogen-bond donors (Lipinski definition) is 2. The molecule has 2 N–H and O–H groups in total. The topological polar surface area (TPSA) is 40.7 Å². The Bertz CT molecular complexity index is 497. The molecule has 0 aliphatic carbocycles. The van der Waals surface area contributed by atoms with Crippen LogP contribution in [-0.2, 0) is 6.54 Å². The zero-order chi connectivity index (χ0) is 13.0. The monoisotopic (exact) mass is 243 g/mol. The van der Waals surface area contributed by atoms with Gasteiger partial charge in [0.25, 0.3) is 0 Å². The molecule has 1 heterocycles. The molecular formula is C15H21N3. The van der Waals surface area contributed by atoms with Gasteiger partial charge in [-0.2, -0.15) is 0 Å². The van der Waals surface area contributed by atoms with Gasteiger partial charge >= 0.3 is 0 Å². The molecule has 0 atom stereocenters. The number of aromatic amines is 1. The molecule has 0 unspecified atom stereocenters. The largest absolute Gasteiger partial charge is 0.344 e. The quantitative estimate of drug-likeness (QED) is 0.792. The first-order valence-electron chi connectivity index (χ1n) is 6.54. The summed E-state index contributed by atoms with van der Waals surface area (Å²) < 4.78 is 0. The minimum absolute atomic E-state index is 0.806. The molecule has 18 heavy (non-hydrogen) atoms. The summed E-state index contributed by atoms with van der Waals surface area (Å²) in [5.74, 6) is 1.01. The van der Waals surface area contributed by atoms with Crippen molar-refractivity contribution < 1.29 is 0 Å². The second-order valence-electron chi connectivity index (χ2n) is 4.70. The van der Waals surface area contributed by atoms with Crippen LogP contribution in [0.15, 0.2) is 24.3 Å². The van der Waals surface area contributed by atoms with E-state index < -0.39 is 0 Å². The molecule has 0 saturated carbocycles. The first kappa shape index (κ1) is 12.8. The highest BCUT2D eigenvalue weighted by molar-refractivity contribution is 5.62. The average molecular weight is 243 g/mol. The SMILES string of the molecule is CCCNCc1nc(-c2ccc(C)cc2)c(C)[nH]1. The van der Waals surface area contributed by atoms with Gasteiger partial charge in [-0.1, -0.05) is 36.8 Å². The van der Waals surface area contributed by atoms with Crippen LogP contribution >= 0.6 is 0 Å². The first-order chi connectivity index (χ1) is 8.70. The summed E-state index contributed by atoms with van der Waals surface area (Å²) in [5, 5.41) is 3.36. The molecule has 0 amide bonds. The number of rotatable bonds is 5. The Balaban J connectivity index is 2.16. The molecule has 3 nitrogen and oxygen atoms in total. The van der Waals surface area contributed by atoms with Gasteiger partial charge in [-0.25, -0.2) is 4.98 Å². The molecule has 0 spiro atoms. The lowest BCUT2D eigenvalue weighted by atomic mass is 10.1. The Kier molecular flexibility index (Phi) is 4.15. The Morgan fingerprint density at radius 1 is 1.17 bits per heavy atom. The Labute approximate surface area is 109 Å². The molecular weight excluding hydrogens is 222 g/mol. The third-order valence-corrected chi connectivity index (χ3v) is 2.98. The maximum Gasteiger partial charge on any atom is 0.121 e. The summed E-state index contributed by atoms with van der Waals surface area (Å²) >= 11 is 0. The van der Waals surface area contributed by atoms with Crippen molar-refractivity contribution in [3.8, 4) is 11.3 Å². The molecule has 0 bridgehead atoms. The van der Waals surface area contributed by atoms with Crippen LogP contribution in [0, 0.1) is 13.8 Å². The van der Waals surface area contributed by atoms with Crippen molar-refractivity contribution in [1.29, 1.82) is 0 Å². The molecule has 0 aliphatic heterocycles. The summed E-state index contributed by atoms with van der Waals surface area (Å²) in [7, 11) is 0. The molecule has 2 rings (SSSR count). The third-order valence-electron chi connectivity index (χ3n) is 2.98. The highest BCUT2D eigenvalue weighted by Gasteiger charge is 2.08. The van der Waals surface area contributed by atoms with E-state index in [1.807, 2.05) is 0 Å². The van der Waals surface area contributed by atoms with Crippen LogP contribution in [0.3, 0.4) is 0 Å². The highest BCUT2D eigenvalue weighted by Crippen LogP contribution is 2.21. The van der Waals surface area contributed by atoms with Crippen molar-refractivity contribution in [2.75, 3.05) is 6.54 Å². The van der Waals surface area contributed by atoms with Crippen LogP contribution in [0.1, 0.15) is 30.4 Å². The maximum atomic E-state index is 4.66. The minimum Gasteiger partial charge on any atom is -0.344 e. The van der Waals surface area contributed by atoms with Gasteiger partial charge < -0.3 is 10.3 Å². The van der Waals surface area contributed by atoms with E-state index in [2.05, 4.69) is 60.3 Å². The zero-order valence-electron chi connectivity index (χ0n) is 11.4. The fourth-order valence-corrected chi connectivity index (χ4v) is 1.98. The number of benzene rings is 1. The predicted molar refractivity (Wildman–Crippen MR) is 75.5 cm³/mol. The van der Waals surface area contributed by atoms with Crippen molar-refractivity contribution in [1.82, 2.24) is 15.3 Å². The van der Waals surface area contributed by atoms with Gasteiger partial charge in [0.1, 0.15) is 5.82 Å². The van der Waals surface area contributed by atoms with E-state index in [4.69, 9.17) is 0 Å². The van der Waals surface area contributed by atoms with Crippen LogP contribution in [-0.4, -0.2) is 16.5 Å². The summed E-state index contributed by atoms with van der Waals surface area (Å²) in [6.45, 7) is 8.17. The first-order valence-corrected chi connectivity index (χ1v) is 6.54. The number of nitrogens with zero attached hydrogens (tertiary/aromatic N) is 1. The number of hydrogen-bond acceptors (Lipinski definition) is 2. The van der Waals surface area contributed by atoms with Crippen LogP contribution in [0.25, 0.3) is 11.3 Å². The van der Waals surface area contributed by atoms with E-state index in [1.54, 1.807) is 0 Å². The van der Waals surface area contributed by atoms with Gasteiger partial charge in [0, 0.05) is 11.3 Å². The average Bonchev–Trinajstić information content (AvgIpc) is 2.72. The summed E-state index contributed by atoms with van der Waals surface area (Å²) in [4.78, 5) is 8.01. The molecule has 0 saturated heterocycles. The third kappa shape index (κ3) is 2.99. The Hall–Kier alpha value is -1.61. The van der Waals surface area contributed by atoms with Crippen molar-refractivity contribution in [3.05, 3.63) is 41.3 Å². The number of nitrogens with one attached hydrogen (secondary N) is 2. The fraction of sp³-hybridized carbons (Fsp3) is 0.400. The molecule has 1 aromatic heterocycles. The van der Waals surface area contributed by atoms with E-state index >= 15 is 0 Å². The van der Waals surface area contributed by atoms with Gasteiger partial charge in [-0.3, -0.25) is 0 Å². The molecule has 0 aliphatic rings. The minimum atomic E-state index is 0.806. The van der Waals surface area contributed by atoms with Crippen LogP contribution < -0.4 is 5.32 Å². The van der Waals surface area contributed by atoms with Gasteiger partial charge in [0.2, 0.25) is 0 Å². The van der Waals surface area contributed by atoms with Gasteiger partial charge in [-0.15, -0.1) is 0 Å². The van der Waals surface area contributed by atoms with Gasteiger partial charge in [0.15, 0.2) is 0 Å². The lowest BCUT2D eigenvalue weighted by Crippen LogP contribution is -2.14. The molecule has 0 fully saturated rings. The maximum absolute atomic E-state index is 4.66. The van der Waals surface area contributed by atoms with Crippen molar-refractivity contribution in [3.63, 3.8) is 0 Å². The molecule has 0 radical (unpaired) electrons. The van der Waals surface area contributed by atoms with Crippen molar-refractivity contribution in [2.24, 2.45) is 0 Å². The normalized spacial score (nSPS) is 10.8. The Morgan fingerprint density at radius 2 is 1.89 bits per heavy atom. The van der Waals surface area contributed by atoms with Gasteiger partial charge in [-0.05, 0) is 26.8 Å². The van der Waals surface area contributed by atoms with E-state index in [1.165, 1.54) is 11.1 Å². The lowest BCUT2D eigenvalue weighted by Gasteiger charge is -1.99. The second-order valence-corrected chi connectivity index (χ2v) is 4.70. The number of H-pyrrole nitrogens is 1. The van der Waals surface area contributed by atoms with Crippen LogP contribution in [0.4, 0.5) is 0 Å². The summed E-state index contributed by atoms with van der Waals surface area (Å²) in [6.07, 6.45) is 1.14. The smallest absolute Gasteiger partial charge is 0.121 e. The van der Waals surface area contributed by atoms with Crippen molar-refractivity contribution >= 4 is 0 Å². The van der Waals surface area contributed by atoms with Gasteiger partial charge in [0.05, 0.1) is 12.2 Å². The van der Waals surface area contributed by atoms with E-state index in [0.29, 0.717) is 0 Å². The molecule has 2 aromatic rings. The number of aromatic nitrogens is 2. The standard InChI is InChI=1S/C15H21N3/c1-4-9-16-10-14-17-12(3)15(18-14)13-7-5-11(2)6-8-13/h5-8,16H,4,9-10H2,1-3H3,(H,17,18). The van der Waals surface area contributed by atoms with E-state index in [-0.39, 0.29) is 0 Å². The predicted octanol–water partition coefficient (Wildman–Crippen LogP) is 3.19. The molecule has 3 heteroatoms. The number of imidazole rings is 1. The summed E-state index contributed by atoms with van der Waals surface area (Å²) in [6, 6.07) is 8.50. The zero-order valence-corrected chi connectivity index (χ0v) is 11.4. The lowest BCUT2D eigenvalue weighted by molar-refractivity contribution is 0.655. The summed E-state index contributed by atoms with van der Waals surface area (Å²) in [5.41, 5.74) is 4.64. The fourth-order valence-electron chi connectivity index (χ4n) is 1.98.